The van der Waals surface area contributed by atoms with Gasteiger partial charge in [0.05, 0.1) is 11.6 Å². The summed E-state index contributed by atoms with van der Waals surface area (Å²) in [5.74, 6) is 0.419. The molecule has 0 bridgehead atoms. The van der Waals surface area contributed by atoms with E-state index in [1.807, 2.05) is 30.3 Å². The van der Waals surface area contributed by atoms with E-state index in [1.54, 1.807) is 24.1 Å². The predicted octanol–water partition coefficient (Wildman–Crippen LogP) is 2.42. The Labute approximate surface area is 128 Å². The molecular formula is C15H16ClN3O2. The summed E-state index contributed by atoms with van der Waals surface area (Å²) in [6.45, 7) is 0.471. The first-order chi connectivity index (χ1) is 10.1. The molecule has 1 heterocycles. The summed E-state index contributed by atoms with van der Waals surface area (Å²) in [5.41, 5.74) is 3.40. The minimum Gasteiger partial charge on any atom is -0.350 e. The summed E-state index contributed by atoms with van der Waals surface area (Å²) >= 11 is 5.77. The summed E-state index contributed by atoms with van der Waals surface area (Å²) in [5, 5.41) is 0.558. The van der Waals surface area contributed by atoms with Gasteiger partial charge < -0.3 is 4.90 Å². The molecule has 0 radical (unpaired) electrons. The van der Waals surface area contributed by atoms with Crippen molar-refractivity contribution < 1.29 is 9.63 Å². The molecule has 5 nitrogen and oxygen atoms in total. The van der Waals surface area contributed by atoms with Crippen molar-refractivity contribution >= 4 is 23.3 Å². The molecule has 6 heteroatoms. The first-order valence-electron chi connectivity index (χ1n) is 6.42. The van der Waals surface area contributed by atoms with Gasteiger partial charge in [0.15, 0.2) is 0 Å². The van der Waals surface area contributed by atoms with Gasteiger partial charge in [-0.15, -0.1) is 0 Å². The topological polar surface area (TPSA) is 54.5 Å². The number of carbonyl (C=O) groups is 1. The number of anilines is 1. The third-order valence-corrected chi connectivity index (χ3v) is 2.97. The molecule has 1 amide bonds. The number of aromatic nitrogens is 1. The summed E-state index contributed by atoms with van der Waals surface area (Å²) in [4.78, 5) is 22.8. The number of nitrogens with zero attached hydrogens (tertiary/aromatic N) is 2. The molecule has 110 valence electrons. The smallest absolute Gasteiger partial charge is 0.263 e. The number of rotatable bonds is 6. The average Bonchev–Trinajstić information content (AvgIpc) is 2.49. The lowest BCUT2D eigenvalue weighted by molar-refractivity contribution is -0.133. The molecule has 0 spiro atoms. The Hall–Kier alpha value is -2.11. The van der Waals surface area contributed by atoms with Crippen LogP contribution in [0.4, 0.5) is 5.82 Å². The van der Waals surface area contributed by atoms with Gasteiger partial charge in [0.25, 0.3) is 5.91 Å². The normalized spacial score (nSPS) is 10.2. The third kappa shape index (κ3) is 5.06. The first kappa shape index (κ1) is 15.3. The van der Waals surface area contributed by atoms with Crippen molar-refractivity contribution in [3.05, 3.63) is 59.2 Å². The number of amides is 1. The predicted molar refractivity (Wildman–Crippen MR) is 81.9 cm³/mol. The van der Waals surface area contributed by atoms with Gasteiger partial charge in [-0.2, -0.15) is 0 Å². The zero-order valence-corrected chi connectivity index (χ0v) is 12.4. The molecule has 2 aromatic rings. The van der Waals surface area contributed by atoms with Gasteiger partial charge in [0.1, 0.15) is 12.4 Å². The fourth-order valence-corrected chi connectivity index (χ4v) is 1.81. The van der Waals surface area contributed by atoms with E-state index in [0.717, 1.165) is 5.56 Å². The maximum absolute atomic E-state index is 11.8. The zero-order valence-electron chi connectivity index (χ0n) is 11.6. The highest BCUT2D eigenvalue weighted by Gasteiger charge is 2.08. The lowest BCUT2D eigenvalue weighted by atomic mass is 10.2. The molecule has 0 unspecified atom stereocenters. The Balaban J connectivity index is 1.75. The van der Waals surface area contributed by atoms with Crippen molar-refractivity contribution in [3.8, 4) is 0 Å². The van der Waals surface area contributed by atoms with Gasteiger partial charge in [0, 0.05) is 13.2 Å². The zero-order chi connectivity index (χ0) is 15.1. The monoisotopic (exact) mass is 305 g/mol. The van der Waals surface area contributed by atoms with Gasteiger partial charge in [-0.1, -0.05) is 41.9 Å². The molecule has 1 aromatic heterocycles. The molecule has 0 aliphatic heterocycles. The summed E-state index contributed by atoms with van der Waals surface area (Å²) in [6.07, 6.45) is 1.54. The van der Waals surface area contributed by atoms with Crippen LogP contribution in [0.3, 0.4) is 0 Å². The molecule has 2 rings (SSSR count). The van der Waals surface area contributed by atoms with Crippen LogP contribution in [0, 0.1) is 0 Å². The van der Waals surface area contributed by atoms with E-state index in [1.165, 1.54) is 6.20 Å². The second kappa shape index (κ2) is 7.61. The minimum absolute atomic E-state index is 0.142. The van der Waals surface area contributed by atoms with E-state index in [-0.39, 0.29) is 12.5 Å². The van der Waals surface area contributed by atoms with Gasteiger partial charge in [-0.3, -0.25) is 9.63 Å². The van der Waals surface area contributed by atoms with E-state index in [0.29, 0.717) is 17.4 Å². The van der Waals surface area contributed by atoms with Crippen LogP contribution in [0.15, 0.2) is 48.7 Å². The molecule has 0 aliphatic carbocycles. The second-order valence-corrected chi connectivity index (χ2v) is 4.93. The number of hydrogen-bond acceptors (Lipinski definition) is 4. The molecule has 1 aromatic carbocycles. The fourth-order valence-electron chi connectivity index (χ4n) is 1.70. The van der Waals surface area contributed by atoms with E-state index in [2.05, 4.69) is 10.5 Å². The average molecular weight is 306 g/mol. The maximum atomic E-state index is 11.8. The summed E-state index contributed by atoms with van der Waals surface area (Å²) < 4.78 is 0. The molecule has 21 heavy (non-hydrogen) atoms. The number of nitrogens with one attached hydrogen (secondary N) is 1. The third-order valence-electron chi connectivity index (χ3n) is 2.75. The summed E-state index contributed by atoms with van der Waals surface area (Å²) in [6, 6.07) is 13.1. The van der Waals surface area contributed by atoms with Gasteiger partial charge in [-0.25, -0.2) is 10.5 Å². The lowest BCUT2D eigenvalue weighted by Crippen LogP contribution is -2.35. The van der Waals surface area contributed by atoms with Crippen LogP contribution in [0.25, 0.3) is 0 Å². The molecular weight excluding hydrogens is 290 g/mol. The van der Waals surface area contributed by atoms with Crippen LogP contribution < -0.4 is 10.4 Å². The van der Waals surface area contributed by atoms with E-state index >= 15 is 0 Å². The van der Waals surface area contributed by atoms with Crippen LogP contribution in [-0.4, -0.2) is 24.5 Å². The van der Waals surface area contributed by atoms with Crippen LogP contribution >= 0.6 is 11.6 Å². The standard InChI is InChI=1S/C15H16ClN3O2/c1-19(14-8-7-13(16)9-17-14)10-15(20)18-21-11-12-5-3-2-4-6-12/h2-9H,10-11H2,1H3,(H,18,20). The van der Waals surface area contributed by atoms with Crippen molar-refractivity contribution in [2.45, 2.75) is 6.61 Å². The number of halogens is 1. The van der Waals surface area contributed by atoms with Crippen molar-refractivity contribution in [1.82, 2.24) is 10.5 Å². The van der Waals surface area contributed by atoms with Crippen molar-refractivity contribution in [2.24, 2.45) is 0 Å². The largest absolute Gasteiger partial charge is 0.350 e. The number of carbonyl (C=O) groups excluding carboxylic acids is 1. The SMILES string of the molecule is CN(CC(=O)NOCc1ccccc1)c1ccc(Cl)cn1. The van der Waals surface area contributed by atoms with E-state index in [9.17, 15) is 4.79 Å². The minimum atomic E-state index is -0.245. The van der Waals surface area contributed by atoms with Gasteiger partial charge >= 0.3 is 0 Å². The van der Waals surface area contributed by atoms with Gasteiger partial charge in [0.2, 0.25) is 0 Å². The Morgan fingerprint density at radius 3 is 2.71 bits per heavy atom. The van der Waals surface area contributed by atoms with Crippen LogP contribution in [0.5, 0.6) is 0 Å². The lowest BCUT2D eigenvalue weighted by Gasteiger charge is -2.17. The molecule has 0 saturated heterocycles. The second-order valence-electron chi connectivity index (χ2n) is 4.49. The number of pyridine rings is 1. The highest BCUT2D eigenvalue weighted by molar-refractivity contribution is 6.30. The summed E-state index contributed by atoms with van der Waals surface area (Å²) in [7, 11) is 1.77. The molecule has 0 atom stereocenters. The number of hydrogen-bond donors (Lipinski definition) is 1. The Bertz CT molecular complexity index is 575. The van der Waals surface area contributed by atoms with E-state index in [4.69, 9.17) is 16.4 Å². The molecule has 0 saturated carbocycles. The Kier molecular flexibility index (Phi) is 5.54. The highest BCUT2D eigenvalue weighted by Crippen LogP contribution is 2.12. The Morgan fingerprint density at radius 2 is 2.05 bits per heavy atom. The van der Waals surface area contributed by atoms with Crippen LogP contribution in [-0.2, 0) is 16.2 Å². The van der Waals surface area contributed by atoms with Crippen molar-refractivity contribution in [3.63, 3.8) is 0 Å². The van der Waals surface area contributed by atoms with E-state index < -0.39 is 0 Å². The van der Waals surface area contributed by atoms with Crippen molar-refractivity contribution in [2.75, 3.05) is 18.5 Å². The molecule has 0 aliphatic rings. The Morgan fingerprint density at radius 1 is 1.29 bits per heavy atom. The first-order valence-corrected chi connectivity index (χ1v) is 6.80. The quantitative estimate of drug-likeness (QED) is 0.833. The number of benzene rings is 1. The molecule has 0 fully saturated rings. The highest BCUT2D eigenvalue weighted by atomic mass is 35.5. The van der Waals surface area contributed by atoms with Crippen molar-refractivity contribution in [1.29, 1.82) is 0 Å². The van der Waals surface area contributed by atoms with Crippen LogP contribution in [0.2, 0.25) is 5.02 Å². The van der Waals surface area contributed by atoms with Gasteiger partial charge in [-0.05, 0) is 17.7 Å². The number of hydroxylamine groups is 1. The van der Waals surface area contributed by atoms with Crippen LogP contribution in [0.1, 0.15) is 5.56 Å². The maximum Gasteiger partial charge on any atom is 0.263 e. The fraction of sp³-hybridized carbons (Fsp3) is 0.200. The number of likely N-dealkylation sites (N-methyl/N-ethyl adjacent to an activating group) is 1. The molecule has 1 N–H and O–H groups in total.